The minimum Gasteiger partial charge on any atom is -0.506 e. The van der Waals surface area contributed by atoms with Crippen LogP contribution in [0.1, 0.15) is 23.6 Å². The zero-order valence-corrected chi connectivity index (χ0v) is 20.1. The molecule has 35 heavy (non-hydrogen) atoms. The summed E-state index contributed by atoms with van der Waals surface area (Å²) in [6.07, 6.45) is 1.73. The number of aliphatic hydroxyl groups excluding tert-OH is 1. The van der Waals surface area contributed by atoms with Crippen molar-refractivity contribution in [1.29, 1.82) is 0 Å². The molecule has 5 nitrogen and oxygen atoms in total. The number of halogens is 1. The molecule has 0 saturated heterocycles. The molecule has 1 aliphatic rings. The minimum absolute atomic E-state index is 0.0295. The summed E-state index contributed by atoms with van der Waals surface area (Å²) in [6.45, 7) is 4.04. The first kappa shape index (κ1) is 24.3. The van der Waals surface area contributed by atoms with Gasteiger partial charge in [0.05, 0.1) is 17.2 Å². The van der Waals surface area contributed by atoms with E-state index in [1.807, 2.05) is 49.4 Å². The Bertz CT molecular complexity index is 1330. The van der Waals surface area contributed by atoms with Crippen LogP contribution in [0.4, 0.5) is 10.1 Å². The molecule has 1 aliphatic heterocycles. The maximum atomic E-state index is 13.5. The Hall–Kier alpha value is -3.84. The van der Waals surface area contributed by atoms with Crippen LogP contribution < -0.4 is 4.74 Å². The number of para-hydroxylation sites is 1. The third kappa shape index (κ3) is 6.00. The van der Waals surface area contributed by atoms with Crippen LogP contribution >= 0.6 is 11.8 Å². The number of rotatable bonds is 7. The highest BCUT2D eigenvalue weighted by Gasteiger charge is 2.33. The van der Waals surface area contributed by atoms with E-state index in [0.717, 1.165) is 5.56 Å². The number of benzene rings is 3. The lowest BCUT2D eigenvalue weighted by Gasteiger charge is -2.10. The van der Waals surface area contributed by atoms with Gasteiger partial charge in [0, 0.05) is 5.56 Å². The van der Waals surface area contributed by atoms with E-state index in [1.165, 1.54) is 23.9 Å². The lowest BCUT2D eigenvalue weighted by atomic mass is 10.1. The number of aliphatic imine (C=N–C) groups is 1. The predicted molar refractivity (Wildman–Crippen MR) is 137 cm³/mol. The van der Waals surface area contributed by atoms with Crippen molar-refractivity contribution in [3.63, 3.8) is 0 Å². The molecular weight excluding hydrogens is 465 g/mol. The summed E-state index contributed by atoms with van der Waals surface area (Å²) in [4.78, 5) is 17.7. The Morgan fingerprint density at radius 1 is 1.09 bits per heavy atom. The van der Waals surface area contributed by atoms with Gasteiger partial charge < -0.3 is 14.6 Å². The van der Waals surface area contributed by atoms with E-state index >= 15 is 0 Å². The SMILES string of the molecule is CCOC(=O)C1=C(O)/C(=C/c2ccccc2OCc2cccc(F)c2)SC1=Nc1ccc(C)cc1. The smallest absolute Gasteiger partial charge is 0.344 e. The van der Waals surface area contributed by atoms with Gasteiger partial charge in [-0.15, -0.1) is 0 Å². The first-order valence-corrected chi connectivity index (χ1v) is 11.9. The fourth-order valence-electron chi connectivity index (χ4n) is 3.39. The molecule has 0 spiro atoms. The maximum Gasteiger partial charge on any atom is 0.344 e. The largest absolute Gasteiger partial charge is 0.506 e. The number of thioether (sulfide) groups is 1. The zero-order chi connectivity index (χ0) is 24.8. The van der Waals surface area contributed by atoms with Gasteiger partial charge in [-0.2, -0.15) is 0 Å². The van der Waals surface area contributed by atoms with Crippen molar-refractivity contribution in [3.8, 4) is 5.75 Å². The van der Waals surface area contributed by atoms with E-state index in [-0.39, 0.29) is 30.4 Å². The molecule has 0 saturated carbocycles. The first-order chi connectivity index (χ1) is 16.9. The van der Waals surface area contributed by atoms with Gasteiger partial charge in [0.1, 0.15) is 34.5 Å². The molecule has 0 unspecified atom stereocenters. The summed E-state index contributed by atoms with van der Waals surface area (Å²) in [5.41, 5.74) is 3.17. The molecule has 3 aromatic rings. The summed E-state index contributed by atoms with van der Waals surface area (Å²) < 4.78 is 24.6. The van der Waals surface area contributed by atoms with Gasteiger partial charge in [-0.3, -0.25) is 0 Å². The van der Waals surface area contributed by atoms with Crippen molar-refractivity contribution in [3.05, 3.63) is 112 Å². The third-order valence-electron chi connectivity index (χ3n) is 5.12. The van der Waals surface area contributed by atoms with Crippen molar-refractivity contribution in [1.82, 2.24) is 0 Å². The van der Waals surface area contributed by atoms with E-state index in [0.29, 0.717) is 32.5 Å². The number of ether oxygens (including phenoxy) is 2. The number of hydrogen-bond donors (Lipinski definition) is 1. The molecular formula is C28H24FNO4S. The first-order valence-electron chi connectivity index (χ1n) is 11.1. The van der Waals surface area contributed by atoms with Crippen LogP contribution in [-0.4, -0.2) is 22.7 Å². The third-order valence-corrected chi connectivity index (χ3v) is 6.14. The van der Waals surface area contributed by atoms with Crippen LogP contribution in [0, 0.1) is 12.7 Å². The lowest BCUT2D eigenvalue weighted by molar-refractivity contribution is -0.138. The second-order valence-corrected chi connectivity index (χ2v) is 8.79. The number of carbonyl (C=O) groups excluding carboxylic acids is 1. The van der Waals surface area contributed by atoms with Crippen LogP contribution in [0.2, 0.25) is 0 Å². The lowest BCUT2D eigenvalue weighted by Crippen LogP contribution is -2.12. The fourth-order valence-corrected chi connectivity index (χ4v) is 4.41. The highest BCUT2D eigenvalue weighted by molar-refractivity contribution is 8.18. The number of nitrogens with zero attached hydrogens (tertiary/aromatic N) is 1. The maximum absolute atomic E-state index is 13.5. The van der Waals surface area contributed by atoms with Crippen molar-refractivity contribution in [2.24, 2.45) is 4.99 Å². The van der Waals surface area contributed by atoms with Gasteiger partial charge in [-0.05, 0) is 55.8 Å². The van der Waals surface area contributed by atoms with Crippen molar-refractivity contribution >= 4 is 34.5 Å². The molecule has 0 radical (unpaired) electrons. The molecule has 0 amide bonds. The Balaban J connectivity index is 1.66. The summed E-state index contributed by atoms with van der Waals surface area (Å²) in [5, 5.41) is 11.3. The van der Waals surface area contributed by atoms with E-state index < -0.39 is 5.97 Å². The van der Waals surface area contributed by atoms with Crippen molar-refractivity contribution in [2.45, 2.75) is 20.5 Å². The average molecular weight is 490 g/mol. The normalized spacial score (nSPS) is 15.6. The Labute approximate surface area is 207 Å². The number of aliphatic hydroxyl groups is 1. The number of carbonyl (C=O) groups is 1. The molecule has 0 atom stereocenters. The summed E-state index contributed by atoms with van der Waals surface area (Å²) in [7, 11) is 0. The van der Waals surface area contributed by atoms with E-state index in [2.05, 4.69) is 4.99 Å². The average Bonchev–Trinajstić information content (AvgIpc) is 3.14. The van der Waals surface area contributed by atoms with E-state index in [1.54, 1.807) is 31.2 Å². The Morgan fingerprint density at radius 3 is 2.60 bits per heavy atom. The molecule has 7 heteroatoms. The second kappa shape index (κ2) is 11.1. The van der Waals surface area contributed by atoms with Crippen molar-refractivity contribution < 1.29 is 23.8 Å². The van der Waals surface area contributed by atoms with Crippen LogP contribution in [0.5, 0.6) is 5.75 Å². The second-order valence-electron chi connectivity index (χ2n) is 7.76. The number of aryl methyl sites for hydroxylation is 1. The number of esters is 1. The van der Waals surface area contributed by atoms with Crippen LogP contribution in [0.15, 0.2) is 94.0 Å². The van der Waals surface area contributed by atoms with Gasteiger partial charge in [0.2, 0.25) is 0 Å². The van der Waals surface area contributed by atoms with Gasteiger partial charge >= 0.3 is 5.97 Å². The van der Waals surface area contributed by atoms with Crippen LogP contribution in [0.25, 0.3) is 6.08 Å². The summed E-state index contributed by atoms with van der Waals surface area (Å²) in [6, 6.07) is 21.1. The zero-order valence-electron chi connectivity index (χ0n) is 19.3. The highest BCUT2D eigenvalue weighted by atomic mass is 32.2. The molecule has 0 aliphatic carbocycles. The van der Waals surface area contributed by atoms with Crippen LogP contribution in [-0.2, 0) is 16.1 Å². The number of hydrogen-bond acceptors (Lipinski definition) is 6. The van der Waals surface area contributed by atoms with Gasteiger partial charge in [-0.25, -0.2) is 14.2 Å². The molecule has 178 valence electrons. The highest BCUT2D eigenvalue weighted by Crippen LogP contribution is 2.41. The molecule has 0 bridgehead atoms. The predicted octanol–water partition coefficient (Wildman–Crippen LogP) is 6.91. The molecule has 1 N–H and O–H groups in total. The monoisotopic (exact) mass is 489 g/mol. The standard InChI is InChI=1S/C28H24FNO4S/c1-3-33-28(32)25-26(31)24(35-27(25)30-22-13-11-18(2)12-14-22)16-20-8-4-5-10-23(20)34-17-19-7-6-9-21(29)15-19/h4-16,31H,3,17H2,1-2H3/b24-16-,30-27?. The molecule has 0 fully saturated rings. The van der Waals surface area contributed by atoms with E-state index in [9.17, 15) is 14.3 Å². The van der Waals surface area contributed by atoms with E-state index in [4.69, 9.17) is 9.47 Å². The molecule has 4 rings (SSSR count). The topological polar surface area (TPSA) is 68.1 Å². The van der Waals surface area contributed by atoms with Crippen LogP contribution in [0.3, 0.4) is 0 Å². The fraction of sp³-hybridized carbons (Fsp3) is 0.143. The minimum atomic E-state index is -0.637. The quantitative estimate of drug-likeness (QED) is 0.365. The van der Waals surface area contributed by atoms with Gasteiger partial charge in [-0.1, -0.05) is 59.8 Å². The molecule has 3 aromatic carbocycles. The Morgan fingerprint density at radius 2 is 1.86 bits per heavy atom. The van der Waals surface area contributed by atoms with Gasteiger partial charge in [0.15, 0.2) is 0 Å². The summed E-state index contributed by atoms with van der Waals surface area (Å²) >= 11 is 1.18. The molecule has 1 heterocycles. The van der Waals surface area contributed by atoms with Crippen molar-refractivity contribution in [2.75, 3.05) is 6.61 Å². The van der Waals surface area contributed by atoms with Gasteiger partial charge in [0.25, 0.3) is 0 Å². The summed E-state index contributed by atoms with van der Waals surface area (Å²) in [5.74, 6) is -0.605. The Kier molecular flexibility index (Phi) is 7.67. The molecule has 0 aromatic heterocycles.